The van der Waals surface area contributed by atoms with Gasteiger partial charge in [0.25, 0.3) is 0 Å². The molecule has 0 bridgehead atoms. The number of rotatable bonds is 4. The van der Waals surface area contributed by atoms with E-state index in [1.165, 1.54) is 0 Å². The molecule has 0 fully saturated rings. The van der Waals surface area contributed by atoms with Crippen LogP contribution in [0.5, 0.6) is 0 Å². The van der Waals surface area contributed by atoms with Gasteiger partial charge in [0, 0.05) is 48.5 Å². The topological polar surface area (TPSA) is 40.1 Å². The standard InChI is InChI=1S/C15H18Cl2N4O/c1-3-20-9-14-15(22-2)18-12(6-7-16)11-8-10(17)4-5-13(11)21(14)19-20/h4-5,8-9,15,19H,3,6-7H2,1-2H3. The van der Waals surface area contributed by atoms with Crippen molar-refractivity contribution in [1.82, 2.24) is 10.5 Å². The lowest BCUT2D eigenvalue weighted by atomic mass is 10.1. The van der Waals surface area contributed by atoms with Crippen LogP contribution in [0.3, 0.4) is 0 Å². The zero-order valence-electron chi connectivity index (χ0n) is 12.5. The van der Waals surface area contributed by atoms with Crippen molar-refractivity contribution >= 4 is 34.6 Å². The number of methoxy groups -OCH3 is 1. The van der Waals surface area contributed by atoms with Gasteiger partial charge in [-0.3, -0.25) is 15.0 Å². The van der Waals surface area contributed by atoms with Gasteiger partial charge >= 0.3 is 0 Å². The third-order valence-electron chi connectivity index (χ3n) is 3.71. The van der Waals surface area contributed by atoms with Gasteiger partial charge in [-0.2, -0.15) is 0 Å². The summed E-state index contributed by atoms with van der Waals surface area (Å²) < 4.78 is 5.58. The highest BCUT2D eigenvalue weighted by Crippen LogP contribution is 2.34. The molecule has 0 saturated heterocycles. The minimum Gasteiger partial charge on any atom is -0.354 e. The Labute approximate surface area is 140 Å². The molecule has 0 aliphatic carbocycles. The quantitative estimate of drug-likeness (QED) is 0.854. The molecule has 3 rings (SSSR count). The van der Waals surface area contributed by atoms with Gasteiger partial charge in [0.1, 0.15) is 5.70 Å². The highest BCUT2D eigenvalue weighted by atomic mass is 35.5. The number of alkyl halides is 1. The zero-order valence-corrected chi connectivity index (χ0v) is 14.0. The summed E-state index contributed by atoms with van der Waals surface area (Å²) in [7, 11) is 1.66. The van der Waals surface area contributed by atoms with Gasteiger partial charge in [0.2, 0.25) is 0 Å². The van der Waals surface area contributed by atoms with Gasteiger partial charge in [0.05, 0.1) is 5.69 Å². The average molecular weight is 341 g/mol. The van der Waals surface area contributed by atoms with Crippen LogP contribution in [0.25, 0.3) is 0 Å². The molecule has 2 aliphatic rings. The Hall–Kier alpha value is -1.27. The predicted octanol–water partition coefficient (Wildman–Crippen LogP) is 3.15. The molecule has 1 N–H and O–H groups in total. The summed E-state index contributed by atoms with van der Waals surface area (Å²) in [4.78, 5) is 4.75. The predicted molar refractivity (Wildman–Crippen MR) is 90.2 cm³/mol. The Balaban J connectivity index is 2.15. The molecule has 7 heteroatoms. The lowest BCUT2D eigenvalue weighted by Gasteiger charge is -2.25. The molecule has 2 heterocycles. The molecule has 22 heavy (non-hydrogen) atoms. The highest BCUT2D eigenvalue weighted by Gasteiger charge is 2.33. The maximum Gasteiger partial charge on any atom is 0.191 e. The first-order chi connectivity index (χ1) is 10.7. The van der Waals surface area contributed by atoms with Crippen LogP contribution < -0.4 is 10.5 Å². The first-order valence-corrected chi connectivity index (χ1v) is 8.09. The summed E-state index contributed by atoms with van der Waals surface area (Å²) in [5, 5.41) is 4.66. The molecule has 0 amide bonds. The molecule has 0 radical (unpaired) electrons. The third-order valence-corrected chi connectivity index (χ3v) is 4.13. The second-order valence-electron chi connectivity index (χ2n) is 5.04. The fourth-order valence-corrected chi connectivity index (χ4v) is 2.99. The number of nitrogens with zero attached hydrogens (tertiary/aromatic N) is 3. The lowest BCUT2D eigenvalue weighted by Crippen LogP contribution is -2.42. The molecule has 5 nitrogen and oxygen atoms in total. The van der Waals surface area contributed by atoms with Gasteiger partial charge in [0.15, 0.2) is 6.23 Å². The van der Waals surface area contributed by atoms with Crippen molar-refractivity contribution in [3.63, 3.8) is 0 Å². The number of halogens is 2. The largest absolute Gasteiger partial charge is 0.354 e. The molecule has 1 aromatic rings. The van der Waals surface area contributed by atoms with E-state index < -0.39 is 0 Å². The number of nitrogens with one attached hydrogen (secondary N) is 1. The van der Waals surface area contributed by atoms with E-state index in [1.807, 2.05) is 34.4 Å². The normalized spacial score (nSPS) is 20.3. The zero-order chi connectivity index (χ0) is 15.7. The number of hydrogen-bond donors (Lipinski definition) is 1. The molecule has 0 aromatic heterocycles. The van der Waals surface area contributed by atoms with Crippen molar-refractivity contribution in [3.8, 4) is 0 Å². The molecule has 0 spiro atoms. The number of hydrazine groups is 2. The van der Waals surface area contributed by atoms with Crippen LogP contribution in [-0.4, -0.2) is 36.5 Å². The summed E-state index contributed by atoms with van der Waals surface area (Å²) >= 11 is 12.1. The number of aliphatic imine (C=N–C) groups is 1. The molecule has 118 valence electrons. The average Bonchev–Trinajstić information content (AvgIpc) is 2.91. The number of anilines is 1. The lowest BCUT2D eigenvalue weighted by molar-refractivity contribution is 0.137. The molecular weight excluding hydrogens is 323 g/mol. The van der Waals surface area contributed by atoms with Crippen LogP contribution in [0.15, 0.2) is 35.1 Å². The van der Waals surface area contributed by atoms with Gasteiger partial charge < -0.3 is 4.74 Å². The minimum atomic E-state index is -0.381. The van der Waals surface area contributed by atoms with E-state index in [2.05, 4.69) is 12.5 Å². The van der Waals surface area contributed by atoms with Gasteiger partial charge in [-0.1, -0.05) is 11.6 Å². The summed E-state index contributed by atoms with van der Waals surface area (Å²) in [5.74, 6) is 0.495. The van der Waals surface area contributed by atoms with E-state index in [0.29, 0.717) is 17.3 Å². The van der Waals surface area contributed by atoms with Crippen LogP contribution in [-0.2, 0) is 4.74 Å². The Morgan fingerprint density at radius 2 is 2.23 bits per heavy atom. The van der Waals surface area contributed by atoms with Crippen LogP contribution in [0, 0.1) is 0 Å². The second-order valence-corrected chi connectivity index (χ2v) is 5.85. The second kappa shape index (κ2) is 6.46. The number of ether oxygens (including phenoxy) is 1. The fourth-order valence-electron chi connectivity index (χ4n) is 2.64. The molecule has 2 aliphatic heterocycles. The van der Waals surface area contributed by atoms with Crippen molar-refractivity contribution in [2.75, 3.05) is 24.5 Å². The maximum atomic E-state index is 6.18. The van der Waals surface area contributed by atoms with Crippen molar-refractivity contribution in [1.29, 1.82) is 0 Å². The molecule has 1 aromatic carbocycles. The summed E-state index contributed by atoms with van der Waals surface area (Å²) in [6.45, 7) is 2.90. The highest BCUT2D eigenvalue weighted by molar-refractivity contribution is 6.31. The first-order valence-electron chi connectivity index (χ1n) is 7.18. The Morgan fingerprint density at radius 1 is 1.41 bits per heavy atom. The number of fused-ring (bicyclic) bond motifs is 3. The van der Waals surface area contributed by atoms with Crippen molar-refractivity contribution in [2.24, 2.45) is 4.99 Å². The molecule has 1 atom stereocenters. The van der Waals surface area contributed by atoms with Gasteiger partial charge in [-0.15, -0.1) is 17.1 Å². The molecule has 1 unspecified atom stereocenters. The summed E-state index contributed by atoms with van der Waals surface area (Å²) in [6, 6.07) is 5.79. The van der Waals surface area contributed by atoms with Gasteiger partial charge in [-0.05, 0) is 25.1 Å². The summed E-state index contributed by atoms with van der Waals surface area (Å²) in [6.07, 6.45) is 2.29. The smallest absolute Gasteiger partial charge is 0.191 e. The van der Waals surface area contributed by atoms with E-state index in [-0.39, 0.29) is 6.23 Å². The molecular formula is C15H18Cl2N4O. The van der Waals surface area contributed by atoms with Crippen molar-refractivity contribution < 1.29 is 4.74 Å². The Morgan fingerprint density at radius 3 is 2.91 bits per heavy atom. The van der Waals surface area contributed by atoms with Crippen LogP contribution >= 0.6 is 23.2 Å². The van der Waals surface area contributed by atoms with E-state index in [0.717, 1.165) is 29.2 Å². The van der Waals surface area contributed by atoms with Crippen LogP contribution in [0.2, 0.25) is 5.02 Å². The fraction of sp³-hybridized carbons (Fsp3) is 0.400. The van der Waals surface area contributed by atoms with E-state index in [4.69, 9.17) is 32.9 Å². The van der Waals surface area contributed by atoms with Crippen molar-refractivity contribution in [3.05, 3.63) is 40.7 Å². The van der Waals surface area contributed by atoms with E-state index in [9.17, 15) is 0 Å². The van der Waals surface area contributed by atoms with Crippen molar-refractivity contribution in [2.45, 2.75) is 19.6 Å². The SMILES string of the molecule is CCN1C=C2C(OC)N=C(CCCl)c3cc(Cl)ccc3N2N1. The monoisotopic (exact) mass is 340 g/mol. The maximum absolute atomic E-state index is 6.18. The number of benzene rings is 1. The van der Waals surface area contributed by atoms with E-state index in [1.54, 1.807) is 7.11 Å². The van der Waals surface area contributed by atoms with Gasteiger partial charge in [-0.25, -0.2) is 0 Å². The van der Waals surface area contributed by atoms with Crippen LogP contribution in [0.1, 0.15) is 18.9 Å². The van der Waals surface area contributed by atoms with E-state index >= 15 is 0 Å². The molecule has 0 saturated carbocycles. The van der Waals surface area contributed by atoms with Crippen LogP contribution in [0.4, 0.5) is 5.69 Å². The third kappa shape index (κ3) is 2.70. The first kappa shape index (κ1) is 15.6. The number of hydrogen-bond acceptors (Lipinski definition) is 5. The Kier molecular flexibility index (Phi) is 4.59. The Bertz CT molecular complexity index is 632. The summed E-state index contributed by atoms with van der Waals surface area (Å²) in [5.41, 5.74) is 7.15. The minimum absolute atomic E-state index is 0.381.